The zero-order valence-corrected chi connectivity index (χ0v) is 17.6. The van der Waals surface area contributed by atoms with E-state index in [4.69, 9.17) is 0 Å². The van der Waals surface area contributed by atoms with Crippen molar-refractivity contribution in [2.24, 2.45) is 0 Å². The van der Waals surface area contributed by atoms with Crippen LogP contribution in [0.15, 0.2) is 47.0 Å². The lowest BCUT2D eigenvalue weighted by Crippen LogP contribution is -2.45. The molecule has 1 amide bonds. The minimum absolute atomic E-state index is 0.181. The second-order valence-corrected chi connectivity index (χ2v) is 7.37. The number of unbranched alkanes of at least 4 members (excludes halogenated alkanes) is 1. The molecule has 2 aliphatic heterocycles. The predicted octanol–water partition coefficient (Wildman–Crippen LogP) is 3.15. The molecule has 2 aliphatic rings. The molecular weight excluding hydrogens is 336 g/mol. The van der Waals surface area contributed by atoms with Crippen LogP contribution in [0.1, 0.15) is 47.0 Å². The summed E-state index contributed by atoms with van der Waals surface area (Å²) in [6, 6.07) is 0.281. The van der Waals surface area contributed by atoms with Crippen molar-refractivity contribution in [1.82, 2.24) is 20.4 Å². The summed E-state index contributed by atoms with van der Waals surface area (Å²) in [7, 11) is 1.98. The average Bonchev–Trinajstić information content (AvgIpc) is 2.61. The molecule has 0 spiro atoms. The summed E-state index contributed by atoms with van der Waals surface area (Å²) in [5.74, 6) is 1.29. The van der Waals surface area contributed by atoms with E-state index in [0.717, 1.165) is 55.9 Å². The highest BCUT2D eigenvalue weighted by atomic mass is 16.2. The van der Waals surface area contributed by atoms with Crippen LogP contribution in [0.25, 0.3) is 0 Å². The molecule has 0 radical (unpaired) electrons. The number of nitrogens with one attached hydrogen (secondary N) is 2. The molecule has 1 unspecified atom stereocenters. The Morgan fingerprint density at radius 2 is 2.19 bits per heavy atom. The van der Waals surface area contributed by atoms with Gasteiger partial charge in [0, 0.05) is 43.5 Å². The molecule has 150 valence electrons. The highest BCUT2D eigenvalue weighted by Crippen LogP contribution is 2.23. The maximum atomic E-state index is 12.5. The fraction of sp³-hybridized carbons (Fsp3) is 0.591. The van der Waals surface area contributed by atoms with Crippen molar-refractivity contribution in [1.29, 1.82) is 0 Å². The standard InChI is InChI=1S/C22H36N4O/c1-6-8-13-26(20(10-7-2)15-18(4)23-5)21-17(3)14-19(16-24-21)22(27)25-11-9-12-25/h7,10,14-15,18,23-24H,6,8-9,11-13,16H2,1-5H3/b10-7-,20-15+. The SMILES string of the molecule is C/C=C\C(=C/C(C)NC)N(CCCC)C1=C(C)C=C(C(=O)N2CCC2)CN1. The minimum Gasteiger partial charge on any atom is -0.367 e. The van der Waals surface area contributed by atoms with Gasteiger partial charge in [0.25, 0.3) is 5.91 Å². The summed E-state index contributed by atoms with van der Waals surface area (Å²) in [6.45, 7) is 11.8. The number of amides is 1. The third-order valence-electron chi connectivity index (χ3n) is 5.16. The second-order valence-electron chi connectivity index (χ2n) is 7.37. The lowest BCUT2D eigenvalue weighted by Gasteiger charge is -2.36. The zero-order valence-electron chi connectivity index (χ0n) is 17.6. The highest BCUT2D eigenvalue weighted by molar-refractivity contribution is 5.95. The van der Waals surface area contributed by atoms with E-state index in [1.54, 1.807) is 0 Å². The van der Waals surface area contributed by atoms with E-state index in [-0.39, 0.29) is 11.9 Å². The second kappa shape index (κ2) is 10.4. The van der Waals surface area contributed by atoms with Gasteiger partial charge in [-0.2, -0.15) is 0 Å². The average molecular weight is 373 g/mol. The third-order valence-corrected chi connectivity index (χ3v) is 5.16. The maximum Gasteiger partial charge on any atom is 0.251 e. The Balaban J connectivity index is 2.32. The van der Waals surface area contributed by atoms with E-state index in [1.165, 1.54) is 5.70 Å². The topological polar surface area (TPSA) is 47.6 Å². The summed E-state index contributed by atoms with van der Waals surface area (Å²) in [6.07, 6.45) is 11.9. The van der Waals surface area contributed by atoms with Crippen molar-refractivity contribution < 1.29 is 4.79 Å². The summed E-state index contributed by atoms with van der Waals surface area (Å²) in [4.78, 5) is 16.8. The number of likely N-dealkylation sites (N-methyl/N-ethyl adjacent to an activating group) is 1. The van der Waals surface area contributed by atoms with Gasteiger partial charge in [0.1, 0.15) is 5.82 Å². The van der Waals surface area contributed by atoms with Gasteiger partial charge in [-0.3, -0.25) is 4.79 Å². The molecule has 0 aromatic carbocycles. The largest absolute Gasteiger partial charge is 0.367 e. The van der Waals surface area contributed by atoms with Gasteiger partial charge in [0.15, 0.2) is 0 Å². The molecule has 2 heterocycles. The van der Waals surface area contributed by atoms with Gasteiger partial charge in [-0.1, -0.05) is 19.4 Å². The van der Waals surface area contributed by atoms with E-state index in [9.17, 15) is 4.79 Å². The summed E-state index contributed by atoms with van der Waals surface area (Å²) in [5.41, 5.74) is 3.17. The first-order chi connectivity index (χ1) is 13.0. The number of likely N-dealkylation sites (tertiary alicyclic amines) is 1. The fourth-order valence-electron chi connectivity index (χ4n) is 3.30. The zero-order chi connectivity index (χ0) is 19.8. The number of hydrogen-bond acceptors (Lipinski definition) is 4. The van der Waals surface area contributed by atoms with Gasteiger partial charge in [-0.15, -0.1) is 0 Å². The van der Waals surface area contributed by atoms with Crippen LogP contribution in [0.4, 0.5) is 0 Å². The van der Waals surface area contributed by atoms with Gasteiger partial charge < -0.3 is 20.4 Å². The molecular formula is C22H36N4O. The lowest BCUT2D eigenvalue weighted by atomic mass is 10.0. The molecule has 27 heavy (non-hydrogen) atoms. The van der Waals surface area contributed by atoms with Crippen molar-refractivity contribution >= 4 is 5.91 Å². The van der Waals surface area contributed by atoms with Crippen molar-refractivity contribution in [3.05, 3.63) is 47.0 Å². The van der Waals surface area contributed by atoms with Gasteiger partial charge in [-0.05, 0) is 64.5 Å². The molecule has 2 rings (SSSR count). The van der Waals surface area contributed by atoms with Gasteiger partial charge in [0.05, 0.1) is 0 Å². The Morgan fingerprint density at radius 1 is 1.44 bits per heavy atom. The molecule has 1 atom stereocenters. The molecule has 0 aliphatic carbocycles. The molecule has 0 bridgehead atoms. The Bertz CT molecular complexity index is 641. The van der Waals surface area contributed by atoms with Crippen LogP contribution in [0.3, 0.4) is 0 Å². The number of carbonyl (C=O) groups excluding carboxylic acids is 1. The van der Waals surface area contributed by atoms with Gasteiger partial charge in [-0.25, -0.2) is 0 Å². The Labute approximate surface area is 164 Å². The number of nitrogens with zero attached hydrogens (tertiary/aromatic N) is 2. The first kappa shape index (κ1) is 21.3. The summed E-state index contributed by atoms with van der Waals surface area (Å²) in [5, 5.41) is 6.83. The fourth-order valence-corrected chi connectivity index (χ4v) is 3.30. The maximum absolute atomic E-state index is 12.5. The molecule has 1 fully saturated rings. The quantitative estimate of drug-likeness (QED) is 0.611. The molecule has 5 heteroatoms. The molecule has 0 aromatic heterocycles. The molecule has 5 nitrogen and oxygen atoms in total. The van der Waals surface area contributed by atoms with E-state index >= 15 is 0 Å². The van der Waals surface area contributed by atoms with Crippen LogP contribution in [0.2, 0.25) is 0 Å². The first-order valence-electron chi connectivity index (χ1n) is 10.3. The van der Waals surface area contributed by atoms with Gasteiger partial charge in [0.2, 0.25) is 0 Å². The minimum atomic E-state index is 0.181. The van der Waals surface area contributed by atoms with Crippen LogP contribution in [-0.2, 0) is 4.79 Å². The molecule has 0 aromatic rings. The van der Waals surface area contributed by atoms with Crippen molar-refractivity contribution in [3.63, 3.8) is 0 Å². The molecule has 0 saturated carbocycles. The molecule has 2 N–H and O–H groups in total. The number of carbonyl (C=O) groups is 1. The van der Waals surface area contributed by atoms with Crippen LogP contribution in [0.5, 0.6) is 0 Å². The summed E-state index contributed by atoms with van der Waals surface area (Å²) >= 11 is 0. The Kier molecular flexibility index (Phi) is 8.17. The Morgan fingerprint density at radius 3 is 2.70 bits per heavy atom. The number of allylic oxidation sites excluding steroid dienone is 4. The monoisotopic (exact) mass is 372 g/mol. The van der Waals surface area contributed by atoms with E-state index in [1.807, 2.05) is 11.9 Å². The predicted molar refractivity (Wildman–Crippen MR) is 113 cm³/mol. The van der Waals surface area contributed by atoms with E-state index in [2.05, 4.69) is 67.5 Å². The Hall–Kier alpha value is -2.01. The smallest absolute Gasteiger partial charge is 0.251 e. The van der Waals surface area contributed by atoms with Gasteiger partial charge >= 0.3 is 0 Å². The van der Waals surface area contributed by atoms with Crippen LogP contribution in [-0.4, -0.2) is 55.0 Å². The van der Waals surface area contributed by atoms with Crippen LogP contribution < -0.4 is 10.6 Å². The third kappa shape index (κ3) is 5.48. The number of dihydropyridines is 1. The normalized spacial score (nSPS) is 18.9. The number of rotatable bonds is 9. The molecule has 1 saturated heterocycles. The van der Waals surface area contributed by atoms with E-state index < -0.39 is 0 Å². The first-order valence-corrected chi connectivity index (χ1v) is 10.3. The van der Waals surface area contributed by atoms with Crippen LogP contribution >= 0.6 is 0 Å². The van der Waals surface area contributed by atoms with E-state index in [0.29, 0.717) is 6.54 Å². The van der Waals surface area contributed by atoms with Crippen molar-refractivity contribution in [3.8, 4) is 0 Å². The lowest BCUT2D eigenvalue weighted by molar-refractivity contribution is -0.130. The van der Waals surface area contributed by atoms with Crippen molar-refractivity contribution in [2.45, 2.75) is 53.0 Å². The van der Waals surface area contributed by atoms with Crippen LogP contribution in [0, 0.1) is 0 Å². The van der Waals surface area contributed by atoms with Crippen molar-refractivity contribution in [2.75, 3.05) is 33.2 Å². The number of hydrogen-bond donors (Lipinski definition) is 2. The summed E-state index contributed by atoms with van der Waals surface area (Å²) < 4.78 is 0. The highest BCUT2D eigenvalue weighted by Gasteiger charge is 2.26.